The number of rotatable bonds is 3. The van der Waals surface area contributed by atoms with Gasteiger partial charge in [-0.1, -0.05) is 18.2 Å². The van der Waals surface area contributed by atoms with Crippen LogP contribution in [0.25, 0.3) is 0 Å². The highest BCUT2D eigenvalue weighted by Crippen LogP contribution is 2.30. The Morgan fingerprint density at radius 2 is 2.06 bits per heavy atom. The van der Waals surface area contributed by atoms with Gasteiger partial charge >= 0.3 is 0 Å². The zero-order valence-electron chi connectivity index (χ0n) is 9.66. The zero-order valence-corrected chi connectivity index (χ0v) is 9.66. The molecule has 0 saturated heterocycles. The summed E-state index contributed by atoms with van der Waals surface area (Å²) in [5.41, 5.74) is 5.30. The van der Waals surface area contributed by atoms with Crippen molar-refractivity contribution >= 4 is 11.6 Å². The minimum absolute atomic E-state index is 0.127. The Hall–Kier alpha value is -1.64. The van der Waals surface area contributed by atoms with Crippen LogP contribution in [0.3, 0.4) is 0 Å². The summed E-state index contributed by atoms with van der Waals surface area (Å²) in [5, 5.41) is 4.12. The largest absolute Gasteiger partial charge is 0.271 e. The molecule has 1 fully saturated rings. The Balaban J connectivity index is 2.03. The van der Waals surface area contributed by atoms with Gasteiger partial charge in [-0.3, -0.25) is 4.79 Å². The summed E-state index contributed by atoms with van der Waals surface area (Å²) in [6, 6.07) is 7.52. The molecule has 0 unspecified atom stereocenters. The van der Waals surface area contributed by atoms with Gasteiger partial charge in [-0.25, -0.2) is 5.43 Å². The first-order valence-electron chi connectivity index (χ1n) is 5.58. The lowest BCUT2D eigenvalue weighted by Crippen LogP contribution is -2.20. The first-order chi connectivity index (χ1) is 7.68. The maximum Gasteiger partial charge on any atom is 0.271 e. The molecule has 1 aromatic rings. The number of carbonyl (C=O) groups excluding carboxylic acids is 1. The number of hydrazone groups is 1. The van der Waals surface area contributed by atoms with Crippen molar-refractivity contribution in [1.29, 1.82) is 0 Å². The topological polar surface area (TPSA) is 41.5 Å². The lowest BCUT2D eigenvalue weighted by atomic mass is 10.1. The summed E-state index contributed by atoms with van der Waals surface area (Å²) >= 11 is 0. The van der Waals surface area contributed by atoms with Gasteiger partial charge in [-0.05, 0) is 44.2 Å². The Kier molecular flexibility index (Phi) is 3.04. The van der Waals surface area contributed by atoms with E-state index < -0.39 is 0 Å². The molecule has 1 amide bonds. The van der Waals surface area contributed by atoms with Gasteiger partial charge in [-0.15, -0.1) is 0 Å². The van der Waals surface area contributed by atoms with Crippen molar-refractivity contribution in [3.63, 3.8) is 0 Å². The van der Waals surface area contributed by atoms with Crippen LogP contribution in [0.2, 0.25) is 0 Å². The molecular weight excluding hydrogens is 200 g/mol. The molecule has 0 radical (unpaired) electrons. The third kappa shape index (κ3) is 2.48. The standard InChI is InChI=1S/C13H16N2O/c1-9-5-3-4-6-12(9)13(16)15-14-10(2)11-7-8-11/h3-6,11H,7-8H2,1-2H3,(H,15,16)/b14-10+. The molecule has 1 aliphatic carbocycles. The minimum Gasteiger partial charge on any atom is -0.267 e. The van der Waals surface area contributed by atoms with Crippen LogP contribution in [0.1, 0.15) is 35.7 Å². The number of nitrogens with zero attached hydrogens (tertiary/aromatic N) is 1. The Morgan fingerprint density at radius 3 is 2.69 bits per heavy atom. The molecule has 84 valence electrons. The molecule has 0 heterocycles. The van der Waals surface area contributed by atoms with Gasteiger partial charge in [0.25, 0.3) is 5.91 Å². The van der Waals surface area contributed by atoms with Crippen molar-refractivity contribution in [2.24, 2.45) is 11.0 Å². The number of hydrogen-bond acceptors (Lipinski definition) is 2. The lowest BCUT2D eigenvalue weighted by molar-refractivity contribution is 0.0954. The van der Waals surface area contributed by atoms with E-state index in [-0.39, 0.29) is 5.91 Å². The quantitative estimate of drug-likeness (QED) is 0.612. The minimum atomic E-state index is -0.127. The number of nitrogens with one attached hydrogen (secondary N) is 1. The molecule has 3 heteroatoms. The van der Waals surface area contributed by atoms with E-state index in [2.05, 4.69) is 10.5 Å². The molecule has 1 aromatic carbocycles. The predicted octanol–water partition coefficient (Wildman–Crippen LogP) is 2.51. The molecule has 0 bridgehead atoms. The fourth-order valence-electron chi connectivity index (χ4n) is 1.62. The second-order valence-electron chi connectivity index (χ2n) is 4.28. The molecule has 1 aliphatic rings. The maximum atomic E-state index is 11.8. The van der Waals surface area contributed by atoms with Gasteiger partial charge < -0.3 is 0 Å². The van der Waals surface area contributed by atoms with E-state index in [1.54, 1.807) is 0 Å². The van der Waals surface area contributed by atoms with Crippen LogP contribution in [0.15, 0.2) is 29.4 Å². The number of carbonyl (C=O) groups is 1. The molecule has 0 aromatic heterocycles. The predicted molar refractivity (Wildman–Crippen MR) is 64.5 cm³/mol. The van der Waals surface area contributed by atoms with Crippen LogP contribution < -0.4 is 5.43 Å². The zero-order chi connectivity index (χ0) is 11.5. The number of benzene rings is 1. The van der Waals surface area contributed by atoms with Crippen LogP contribution in [0.5, 0.6) is 0 Å². The van der Waals surface area contributed by atoms with Crippen LogP contribution >= 0.6 is 0 Å². The van der Waals surface area contributed by atoms with E-state index in [1.165, 1.54) is 12.8 Å². The first-order valence-corrected chi connectivity index (χ1v) is 5.58. The number of amides is 1. The highest BCUT2D eigenvalue weighted by atomic mass is 16.2. The first kappa shape index (κ1) is 10.9. The number of aryl methyl sites for hydroxylation is 1. The lowest BCUT2D eigenvalue weighted by Gasteiger charge is -2.04. The van der Waals surface area contributed by atoms with Crippen molar-refractivity contribution in [3.8, 4) is 0 Å². The molecule has 0 atom stereocenters. The van der Waals surface area contributed by atoms with Gasteiger partial charge in [0.1, 0.15) is 0 Å². The third-order valence-electron chi connectivity index (χ3n) is 2.89. The SMILES string of the molecule is C/C(=N\NC(=O)c1ccccc1C)C1CC1. The second-order valence-corrected chi connectivity index (χ2v) is 4.28. The van der Waals surface area contributed by atoms with E-state index >= 15 is 0 Å². The second kappa shape index (κ2) is 4.47. The van der Waals surface area contributed by atoms with Crippen molar-refractivity contribution in [1.82, 2.24) is 5.43 Å². The molecular formula is C13H16N2O. The maximum absolute atomic E-state index is 11.8. The highest BCUT2D eigenvalue weighted by molar-refractivity contribution is 5.96. The Morgan fingerprint density at radius 1 is 1.38 bits per heavy atom. The molecule has 16 heavy (non-hydrogen) atoms. The Labute approximate surface area is 95.6 Å². The fraction of sp³-hybridized carbons (Fsp3) is 0.385. The van der Waals surface area contributed by atoms with E-state index in [0.29, 0.717) is 11.5 Å². The van der Waals surface area contributed by atoms with Crippen LogP contribution in [-0.2, 0) is 0 Å². The summed E-state index contributed by atoms with van der Waals surface area (Å²) in [4.78, 5) is 11.8. The average molecular weight is 216 g/mol. The molecule has 3 nitrogen and oxygen atoms in total. The van der Waals surface area contributed by atoms with E-state index in [1.807, 2.05) is 38.1 Å². The van der Waals surface area contributed by atoms with Crippen LogP contribution in [0.4, 0.5) is 0 Å². The van der Waals surface area contributed by atoms with Crippen LogP contribution in [0, 0.1) is 12.8 Å². The van der Waals surface area contributed by atoms with Gasteiger partial charge in [-0.2, -0.15) is 5.10 Å². The van der Waals surface area contributed by atoms with Gasteiger partial charge in [0.15, 0.2) is 0 Å². The van der Waals surface area contributed by atoms with E-state index in [0.717, 1.165) is 11.3 Å². The van der Waals surface area contributed by atoms with Crippen LogP contribution in [-0.4, -0.2) is 11.6 Å². The normalized spacial score (nSPS) is 16.0. The van der Waals surface area contributed by atoms with E-state index in [9.17, 15) is 4.79 Å². The van der Waals surface area contributed by atoms with E-state index in [4.69, 9.17) is 0 Å². The van der Waals surface area contributed by atoms with Gasteiger partial charge in [0.2, 0.25) is 0 Å². The van der Waals surface area contributed by atoms with Gasteiger partial charge in [0.05, 0.1) is 0 Å². The van der Waals surface area contributed by atoms with Crippen molar-refractivity contribution in [2.75, 3.05) is 0 Å². The summed E-state index contributed by atoms with van der Waals surface area (Å²) in [6.45, 7) is 3.89. The summed E-state index contributed by atoms with van der Waals surface area (Å²) in [6.07, 6.45) is 2.41. The summed E-state index contributed by atoms with van der Waals surface area (Å²) < 4.78 is 0. The Bertz CT molecular complexity index is 433. The number of hydrogen-bond donors (Lipinski definition) is 1. The molecule has 2 rings (SSSR count). The van der Waals surface area contributed by atoms with Gasteiger partial charge in [0, 0.05) is 11.3 Å². The molecule has 0 spiro atoms. The average Bonchev–Trinajstić information content (AvgIpc) is 3.10. The molecule has 1 saturated carbocycles. The molecule has 1 N–H and O–H groups in total. The van der Waals surface area contributed by atoms with Crippen molar-refractivity contribution in [2.45, 2.75) is 26.7 Å². The summed E-state index contributed by atoms with van der Waals surface area (Å²) in [7, 11) is 0. The summed E-state index contributed by atoms with van der Waals surface area (Å²) in [5.74, 6) is 0.468. The monoisotopic (exact) mass is 216 g/mol. The van der Waals surface area contributed by atoms with Crippen molar-refractivity contribution in [3.05, 3.63) is 35.4 Å². The molecule has 0 aliphatic heterocycles. The third-order valence-corrected chi connectivity index (χ3v) is 2.89. The highest BCUT2D eigenvalue weighted by Gasteiger charge is 2.24. The smallest absolute Gasteiger partial charge is 0.267 e. The van der Waals surface area contributed by atoms with Crippen molar-refractivity contribution < 1.29 is 4.79 Å². The fourth-order valence-corrected chi connectivity index (χ4v) is 1.62.